The lowest BCUT2D eigenvalue weighted by Crippen LogP contribution is -2.35. The van der Waals surface area contributed by atoms with Crippen molar-refractivity contribution in [2.24, 2.45) is 7.05 Å². The van der Waals surface area contributed by atoms with Crippen molar-refractivity contribution in [3.63, 3.8) is 0 Å². The zero-order chi connectivity index (χ0) is 16.9. The third-order valence-electron chi connectivity index (χ3n) is 4.56. The second kappa shape index (κ2) is 7.59. The van der Waals surface area contributed by atoms with Crippen molar-refractivity contribution in [1.29, 1.82) is 0 Å². The number of aliphatic hydroxyl groups is 1. The van der Waals surface area contributed by atoms with Crippen LogP contribution in [0.3, 0.4) is 0 Å². The van der Waals surface area contributed by atoms with E-state index in [-0.39, 0.29) is 12.0 Å². The molecule has 0 atom stereocenters. The van der Waals surface area contributed by atoms with Gasteiger partial charge in [0.2, 0.25) is 0 Å². The topological polar surface area (TPSA) is 70.4 Å². The van der Waals surface area contributed by atoms with Gasteiger partial charge in [-0.05, 0) is 30.0 Å². The molecule has 1 aliphatic heterocycles. The summed E-state index contributed by atoms with van der Waals surface area (Å²) in [6.45, 7) is 3.18. The molecule has 1 fully saturated rings. The van der Waals surface area contributed by atoms with Crippen molar-refractivity contribution >= 4 is 5.91 Å². The summed E-state index contributed by atoms with van der Waals surface area (Å²) in [4.78, 5) is 14.6. The highest BCUT2D eigenvalue weighted by Crippen LogP contribution is 2.16. The Bertz CT molecular complexity index is 690. The van der Waals surface area contributed by atoms with E-state index in [0.717, 1.165) is 38.0 Å². The molecule has 24 heavy (non-hydrogen) atoms. The summed E-state index contributed by atoms with van der Waals surface area (Å²) in [5, 5.41) is 16.6. The molecule has 1 amide bonds. The van der Waals surface area contributed by atoms with E-state index in [4.69, 9.17) is 0 Å². The quantitative estimate of drug-likeness (QED) is 0.868. The van der Waals surface area contributed by atoms with Gasteiger partial charge in [-0.15, -0.1) is 0 Å². The van der Waals surface area contributed by atoms with Crippen LogP contribution < -0.4 is 5.32 Å². The Morgan fingerprint density at radius 1 is 1.25 bits per heavy atom. The molecule has 0 aliphatic carbocycles. The van der Waals surface area contributed by atoms with Crippen LogP contribution >= 0.6 is 0 Å². The first-order valence-electron chi connectivity index (χ1n) is 8.37. The second-order valence-electron chi connectivity index (χ2n) is 6.30. The maximum Gasteiger partial charge on any atom is 0.269 e. The fourth-order valence-corrected chi connectivity index (χ4v) is 3.07. The molecule has 6 heteroatoms. The van der Waals surface area contributed by atoms with E-state index in [9.17, 15) is 9.90 Å². The van der Waals surface area contributed by atoms with Gasteiger partial charge in [-0.1, -0.05) is 24.3 Å². The second-order valence-corrected chi connectivity index (χ2v) is 6.30. The minimum atomic E-state index is -0.158. The number of hydrogen-bond donors (Lipinski definition) is 2. The molecule has 1 aromatic heterocycles. The molecule has 2 heterocycles. The summed E-state index contributed by atoms with van der Waals surface area (Å²) < 4.78 is 1.57. The van der Waals surface area contributed by atoms with Gasteiger partial charge < -0.3 is 10.4 Å². The average molecular weight is 328 g/mol. The van der Waals surface area contributed by atoms with E-state index in [2.05, 4.69) is 27.4 Å². The van der Waals surface area contributed by atoms with Gasteiger partial charge in [0.15, 0.2) is 0 Å². The van der Waals surface area contributed by atoms with Crippen LogP contribution in [0.5, 0.6) is 0 Å². The molecule has 0 radical (unpaired) electrons. The molecule has 1 aromatic carbocycles. The van der Waals surface area contributed by atoms with E-state index >= 15 is 0 Å². The molecule has 2 N–H and O–H groups in total. The highest BCUT2D eigenvalue weighted by molar-refractivity contribution is 5.92. The molecular formula is C18H24N4O2. The third-order valence-corrected chi connectivity index (χ3v) is 4.56. The number of hydrogen-bond acceptors (Lipinski definition) is 4. The minimum absolute atomic E-state index is 0.120. The number of aryl methyl sites for hydroxylation is 1. The molecular weight excluding hydrogens is 304 g/mol. The van der Waals surface area contributed by atoms with E-state index in [0.29, 0.717) is 12.2 Å². The van der Waals surface area contributed by atoms with Crippen LogP contribution in [0.2, 0.25) is 0 Å². The molecule has 0 bridgehead atoms. The van der Waals surface area contributed by atoms with Gasteiger partial charge >= 0.3 is 0 Å². The van der Waals surface area contributed by atoms with Gasteiger partial charge in [0.1, 0.15) is 5.69 Å². The summed E-state index contributed by atoms with van der Waals surface area (Å²) in [5.41, 5.74) is 2.90. The van der Waals surface area contributed by atoms with Gasteiger partial charge in [-0.2, -0.15) is 5.10 Å². The first-order chi connectivity index (χ1) is 11.6. The smallest absolute Gasteiger partial charge is 0.269 e. The third kappa shape index (κ3) is 4.01. The van der Waals surface area contributed by atoms with Crippen LogP contribution in [0, 0.1) is 0 Å². The number of likely N-dealkylation sites (tertiary alicyclic amines) is 1. The van der Waals surface area contributed by atoms with Crippen molar-refractivity contribution in [2.75, 3.05) is 13.1 Å². The van der Waals surface area contributed by atoms with Crippen LogP contribution in [-0.2, 0) is 20.1 Å². The van der Waals surface area contributed by atoms with Crippen LogP contribution in [0.25, 0.3) is 0 Å². The van der Waals surface area contributed by atoms with Crippen LogP contribution in [0.15, 0.2) is 36.5 Å². The first kappa shape index (κ1) is 16.7. The lowest BCUT2D eigenvalue weighted by molar-refractivity contribution is 0.0790. The Hall–Kier alpha value is -2.18. The maximum atomic E-state index is 12.2. The predicted molar refractivity (Wildman–Crippen MR) is 91.3 cm³/mol. The minimum Gasteiger partial charge on any atom is -0.393 e. The Kier molecular flexibility index (Phi) is 5.27. The lowest BCUT2D eigenvalue weighted by atomic mass is 10.0. The Morgan fingerprint density at radius 2 is 1.96 bits per heavy atom. The van der Waals surface area contributed by atoms with Crippen molar-refractivity contribution in [1.82, 2.24) is 20.0 Å². The standard InChI is InChI=1S/C18H24N4O2/c1-21-17(6-9-20-21)18(24)19-12-14-4-2-3-5-15(14)13-22-10-7-16(23)8-11-22/h2-6,9,16,23H,7-8,10-13H2,1H3,(H,19,24). The van der Waals surface area contributed by atoms with Gasteiger partial charge in [-0.25, -0.2) is 0 Å². The Balaban J connectivity index is 1.62. The predicted octanol–water partition coefficient (Wildman–Crippen LogP) is 1.31. The summed E-state index contributed by atoms with van der Waals surface area (Å²) >= 11 is 0. The van der Waals surface area contributed by atoms with Crippen molar-refractivity contribution in [2.45, 2.75) is 32.0 Å². The summed E-state index contributed by atoms with van der Waals surface area (Å²) in [7, 11) is 1.76. The normalized spacial score (nSPS) is 16.2. The molecule has 2 aromatic rings. The number of benzene rings is 1. The summed E-state index contributed by atoms with van der Waals surface area (Å²) in [6, 6.07) is 9.89. The Labute approximate surface area is 142 Å². The Morgan fingerprint density at radius 3 is 2.62 bits per heavy atom. The van der Waals surface area contributed by atoms with Gasteiger partial charge in [0.05, 0.1) is 6.10 Å². The zero-order valence-corrected chi connectivity index (χ0v) is 14.0. The fraction of sp³-hybridized carbons (Fsp3) is 0.444. The number of piperidine rings is 1. The fourth-order valence-electron chi connectivity index (χ4n) is 3.07. The van der Waals surface area contributed by atoms with E-state index < -0.39 is 0 Å². The molecule has 3 rings (SSSR count). The van der Waals surface area contributed by atoms with E-state index in [1.165, 1.54) is 5.56 Å². The van der Waals surface area contributed by atoms with Crippen LogP contribution in [-0.4, -0.2) is 44.9 Å². The molecule has 6 nitrogen and oxygen atoms in total. The summed E-state index contributed by atoms with van der Waals surface area (Å²) in [6.07, 6.45) is 3.13. The highest BCUT2D eigenvalue weighted by atomic mass is 16.3. The van der Waals surface area contributed by atoms with E-state index in [1.807, 2.05) is 12.1 Å². The van der Waals surface area contributed by atoms with Crippen molar-refractivity contribution in [3.05, 3.63) is 53.3 Å². The molecule has 128 valence electrons. The molecule has 0 spiro atoms. The largest absolute Gasteiger partial charge is 0.393 e. The average Bonchev–Trinajstić information content (AvgIpc) is 3.02. The van der Waals surface area contributed by atoms with Gasteiger partial charge in [0.25, 0.3) is 5.91 Å². The number of aromatic nitrogens is 2. The maximum absolute atomic E-state index is 12.2. The number of aliphatic hydroxyl groups excluding tert-OH is 1. The monoisotopic (exact) mass is 328 g/mol. The van der Waals surface area contributed by atoms with Crippen LogP contribution in [0.4, 0.5) is 0 Å². The summed E-state index contributed by atoms with van der Waals surface area (Å²) in [5.74, 6) is -0.120. The zero-order valence-electron chi connectivity index (χ0n) is 14.0. The number of nitrogens with zero attached hydrogens (tertiary/aromatic N) is 3. The number of nitrogens with one attached hydrogen (secondary N) is 1. The van der Waals surface area contributed by atoms with Gasteiger partial charge in [-0.3, -0.25) is 14.4 Å². The first-order valence-corrected chi connectivity index (χ1v) is 8.37. The van der Waals surface area contributed by atoms with E-state index in [1.54, 1.807) is 24.0 Å². The van der Waals surface area contributed by atoms with Crippen molar-refractivity contribution in [3.8, 4) is 0 Å². The van der Waals surface area contributed by atoms with Gasteiger partial charge in [0, 0.05) is 39.4 Å². The number of carbonyl (C=O) groups is 1. The molecule has 1 aliphatic rings. The molecule has 1 saturated heterocycles. The number of amides is 1. The van der Waals surface area contributed by atoms with Crippen molar-refractivity contribution < 1.29 is 9.90 Å². The SMILES string of the molecule is Cn1nccc1C(=O)NCc1ccccc1CN1CCC(O)CC1. The number of carbonyl (C=O) groups excluding carboxylic acids is 1. The highest BCUT2D eigenvalue weighted by Gasteiger charge is 2.18. The lowest BCUT2D eigenvalue weighted by Gasteiger charge is -2.30. The number of rotatable bonds is 5. The van der Waals surface area contributed by atoms with Crippen LogP contribution in [0.1, 0.15) is 34.5 Å². The molecule has 0 unspecified atom stereocenters. The molecule has 0 saturated carbocycles.